The van der Waals surface area contributed by atoms with Crippen molar-refractivity contribution in [3.05, 3.63) is 30.3 Å². The fourth-order valence-corrected chi connectivity index (χ4v) is 4.00. The molecule has 1 atom stereocenters. The van der Waals surface area contributed by atoms with E-state index >= 15 is 0 Å². The summed E-state index contributed by atoms with van der Waals surface area (Å²) >= 11 is 0. The molecule has 0 N–H and O–H groups in total. The highest BCUT2D eigenvalue weighted by Gasteiger charge is 2.18. The van der Waals surface area contributed by atoms with Gasteiger partial charge in [-0.05, 0) is 18.6 Å². The van der Waals surface area contributed by atoms with Gasteiger partial charge in [-0.1, -0.05) is 18.2 Å². The quantitative estimate of drug-likeness (QED) is 0.704. The molecular weight excluding hydrogens is 400 g/mol. The van der Waals surface area contributed by atoms with Crippen LogP contribution >= 0.6 is 0 Å². The third-order valence-corrected chi connectivity index (χ3v) is 5.95. The SMILES string of the molecule is O=S(=O)(CCC1COCCOCCOCCOCCOCCO1)c1ccccc1. The molecule has 1 aromatic carbocycles. The highest BCUT2D eigenvalue weighted by Crippen LogP contribution is 2.13. The molecule has 1 aliphatic rings. The third-order valence-electron chi connectivity index (χ3n) is 4.18. The third kappa shape index (κ3) is 11.0. The van der Waals surface area contributed by atoms with E-state index in [1.165, 1.54) is 0 Å². The molecule has 9 heteroatoms. The molecule has 1 saturated heterocycles. The maximum Gasteiger partial charge on any atom is 0.178 e. The van der Waals surface area contributed by atoms with Crippen LogP contribution < -0.4 is 0 Å². The molecule has 1 aromatic rings. The van der Waals surface area contributed by atoms with Gasteiger partial charge in [0.2, 0.25) is 0 Å². The van der Waals surface area contributed by atoms with Gasteiger partial charge >= 0.3 is 0 Å². The molecule has 166 valence electrons. The molecule has 1 aliphatic heterocycles. The topological polar surface area (TPSA) is 89.5 Å². The molecule has 0 amide bonds. The summed E-state index contributed by atoms with van der Waals surface area (Å²) in [6, 6.07) is 8.44. The van der Waals surface area contributed by atoms with E-state index in [1.54, 1.807) is 30.3 Å². The number of sulfone groups is 1. The van der Waals surface area contributed by atoms with E-state index in [0.717, 1.165) is 0 Å². The summed E-state index contributed by atoms with van der Waals surface area (Å²) in [4.78, 5) is 0.320. The van der Waals surface area contributed by atoms with Crippen molar-refractivity contribution in [2.24, 2.45) is 0 Å². The van der Waals surface area contributed by atoms with Crippen LogP contribution in [-0.2, 0) is 38.3 Å². The van der Waals surface area contributed by atoms with E-state index in [4.69, 9.17) is 28.4 Å². The minimum absolute atomic E-state index is 0.00637. The zero-order chi connectivity index (χ0) is 20.6. The lowest BCUT2D eigenvalue weighted by Crippen LogP contribution is -2.26. The predicted octanol–water partition coefficient (Wildman–Crippen LogP) is 1.33. The molecule has 29 heavy (non-hydrogen) atoms. The van der Waals surface area contributed by atoms with Crippen molar-refractivity contribution in [1.29, 1.82) is 0 Å². The van der Waals surface area contributed by atoms with Gasteiger partial charge in [0.1, 0.15) is 0 Å². The van der Waals surface area contributed by atoms with Crippen LogP contribution in [-0.4, -0.2) is 93.0 Å². The molecule has 2 rings (SSSR count). The average molecular weight is 433 g/mol. The van der Waals surface area contributed by atoms with Crippen LogP contribution in [0.3, 0.4) is 0 Å². The second kappa shape index (κ2) is 14.8. The number of hydrogen-bond acceptors (Lipinski definition) is 8. The van der Waals surface area contributed by atoms with Gasteiger partial charge in [0.05, 0.1) is 89.4 Å². The van der Waals surface area contributed by atoms with E-state index in [0.29, 0.717) is 84.0 Å². The molecule has 8 nitrogen and oxygen atoms in total. The zero-order valence-corrected chi connectivity index (χ0v) is 17.6. The Morgan fingerprint density at radius 2 is 1.17 bits per heavy atom. The Morgan fingerprint density at radius 3 is 1.72 bits per heavy atom. The molecule has 1 fully saturated rings. The molecule has 0 saturated carbocycles. The zero-order valence-electron chi connectivity index (χ0n) is 16.8. The summed E-state index contributed by atoms with van der Waals surface area (Å²) < 4.78 is 58.1. The van der Waals surface area contributed by atoms with Crippen molar-refractivity contribution in [2.45, 2.75) is 17.4 Å². The smallest absolute Gasteiger partial charge is 0.178 e. The van der Waals surface area contributed by atoms with Crippen LogP contribution in [0.2, 0.25) is 0 Å². The van der Waals surface area contributed by atoms with Crippen LogP contribution in [0.4, 0.5) is 0 Å². The Kier molecular flexibility index (Phi) is 12.4. The minimum Gasteiger partial charge on any atom is -0.377 e. The van der Waals surface area contributed by atoms with E-state index in [1.807, 2.05) is 0 Å². The first-order valence-electron chi connectivity index (χ1n) is 9.96. The molecule has 1 unspecified atom stereocenters. The molecular formula is C20H32O8S. The van der Waals surface area contributed by atoms with Crippen LogP contribution in [0.25, 0.3) is 0 Å². The Morgan fingerprint density at radius 1 is 0.690 bits per heavy atom. The van der Waals surface area contributed by atoms with Crippen molar-refractivity contribution in [3.63, 3.8) is 0 Å². The minimum atomic E-state index is -3.36. The van der Waals surface area contributed by atoms with Crippen molar-refractivity contribution in [2.75, 3.05) is 78.4 Å². The monoisotopic (exact) mass is 432 g/mol. The molecule has 1 heterocycles. The van der Waals surface area contributed by atoms with Gasteiger partial charge in [0.15, 0.2) is 9.84 Å². The number of ether oxygens (including phenoxy) is 6. The highest BCUT2D eigenvalue weighted by molar-refractivity contribution is 7.91. The Bertz CT molecular complexity index is 605. The second-order valence-corrected chi connectivity index (χ2v) is 8.55. The number of benzene rings is 1. The van der Waals surface area contributed by atoms with E-state index in [9.17, 15) is 8.42 Å². The summed E-state index contributed by atoms with van der Waals surface area (Å²) in [6.07, 6.45) is 0.00485. The van der Waals surface area contributed by atoms with Crippen molar-refractivity contribution in [3.8, 4) is 0 Å². The number of rotatable bonds is 4. The largest absolute Gasteiger partial charge is 0.377 e. The second-order valence-electron chi connectivity index (χ2n) is 6.44. The summed E-state index contributed by atoms with van der Waals surface area (Å²) in [5.74, 6) is -0.00637. The highest BCUT2D eigenvalue weighted by atomic mass is 32.2. The van der Waals surface area contributed by atoms with Gasteiger partial charge in [-0.2, -0.15) is 0 Å². The van der Waals surface area contributed by atoms with Crippen molar-refractivity contribution >= 4 is 9.84 Å². The standard InChI is InChI=1S/C20H32O8S/c21-29(22,20-4-2-1-3-5-20)17-6-19-18-27-14-13-25-10-9-23-7-8-24-11-12-26-15-16-28-19/h1-5,19H,6-18H2. The average Bonchev–Trinajstić information content (AvgIpc) is 2.73. The van der Waals surface area contributed by atoms with Gasteiger partial charge in [-0.25, -0.2) is 8.42 Å². The lowest BCUT2D eigenvalue weighted by atomic mass is 10.3. The van der Waals surface area contributed by atoms with E-state index < -0.39 is 9.84 Å². The van der Waals surface area contributed by atoms with Crippen LogP contribution in [0, 0.1) is 0 Å². The van der Waals surface area contributed by atoms with Crippen LogP contribution in [0.1, 0.15) is 6.42 Å². The van der Waals surface area contributed by atoms with Gasteiger partial charge in [-0.15, -0.1) is 0 Å². The maximum atomic E-state index is 12.5. The van der Waals surface area contributed by atoms with E-state index in [2.05, 4.69) is 0 Å². The number of hydrogen-bond donors (Lipinski definition) is 0. The normalized spacial score (nSPS) is 22.4. The molecule has 0 aliphatic carbocycles. The predicted molar refractivity (Wildman–Crippen MR) is 107 cm³/mol. The van der Waals surface area contributed by atoms with Gasteiger partial charge < -0.3 is 28.4 Å². The van der Waals surface area contributed by atoms with Gasteiger partial charge in [0.25, 0.3) is 0 Å². The lowest BCUT2D eigenvalue weighted by Gasteiger charge is -2.18. The first-order chi connectivity index (χ1) is 14.2. The van der Waals surface area contributed by atoms with Crippen LogP contribution in [0.15, 0.2) is 35.2 Å². The van der Waals surface area contributed by atoms with Gasteiger partial charge in [0, 0.05) is 0 Å². The summed E-state index contributed by atoms with van der Waals surface area (Å²) in [5.41, 5.74) is 0. The van der Waals surface area contributed by atoms with E-state index in [-0.39, 0.29) is 11.9 Å². The lowest BCUT2D eigenvalue weighted by molar-refractivity contribution is -0.0608. The van der Waals surface area contributed by atoms with Crippen molar-refractivity contribution < 1.29 is 36.8 Å². The Hall–Kier alpha value is -1.07. The first kappa shape index (κ1) is 24.2. The van der Waals surface area contributed by atoms with Crippen LogP contribution in [0.5, 0.6) is 0 Å². The summed E-state index contributed by atoms with van der Waals surface area (Å²) in [5, 5.41) is 0. The Labute approximate surface area is 173 Å². The van der Waals surface area contributed by atoms with Crippen molar-refractivity contribution in [1.82, 2.24) is 0 Å². The molecule has 0 radical (unpaired) electrons. The molecule has 0 spiro atoms. The first-order valence-corrected chi connectivity index (χ1v) is 11.6. The molecule has 0 bridgehead atoms. The van der Waals surface area contributed by atoms with Gasteiger partial charge in [-0.3, -0.25) is 0 Å². The summed E-state index contributed by atoms with van der Waals surface area (Å²) in [7, 11) is -3.36. The fourth-order valence-electron chi connectivity index (χ4n) is 2.62. The molecule has 0 aromatic heterocycles. The fraction of sp³-hybridized carbons (Fsp3) is 0.700. The maximum absolute atomic E-state index is 12.5. The Balaban J connectivity index is 1.79. The summed E-state index contributed by atoms with van der Waals surface area (Å²) in [6.45, 7) is 4.90.